The lowest BCUT2D eigenvalue weighted by atomic mass is 10.2. The van der Waals surface area contributed by atoms with Gasteiger partial charge in [-0.15, -0.1) is 12.4 Å². The van der Waals surface area contributed by atoms with Gasteiger partial charge in [0.15, 0.2) is 0 Å². The Morgan fingerprint density at radius 1 is 1.20 bits per heavy atom. The summed E-state index contributed by atoms with van der Waals surface area (Å²) >= 11 is 0. The zero-order chi connectivity index (χ0) is 14.1. The van der Waals surface area contributed by atoms with E-state index in [-0.39, 0.29) is 24.4 Å². The number of ether oxygens (including phenoxy) is 1. The molecule has 1 aromatic rings. The molecule has 1 unspecified atom stereocenters. The van der Waals surface area contributed by atoms with E-state index in [0.717, 1.165) is 25.3 Å². The van der Waals surface area contributed by atoms with Gasteiger partial charge in [-0.3, -0.25) is 4.79 Å². The van der Waals surface area contributed by atoms with Crippen LogP contribution < -0.4 is 15.4 Å². The minimum atomic E-state index is -0.0482. The van der Waals surface area contributed by atoms with Crippen LogP contribution in [0, 0.1) is 0 Å². The summed E-state index contributed by atoms with van der Waals surface area (Å²) in [6, 6.07) is 7.26. The number of carbonyl (C=O) groups excluding carboxylic acids is 1. The number of amides is 1. The number of hydrogen-bond acceptors (Lipinski definition) is 3. The van der Waals surface area contributed by atoms with Gasteiger partial charge in [0.1, 0.15) is 5.75 Å². The molecular weight excluding hydrogens is 276 g/mol. The molecule has 5 heteroatoms. The molecule has 4 nitrogen and oxygen atoms in total. The monoisotopic (exact) mass is 300 g/mol. The van der Waals surface area contributed by atoms with Gasteiger partial charge in [-0.25, -0.2) is 0 Å². The molecule has 0 saturated heterocycles. The van der Waals surface area contributed by atoms with Crippen molar-refractivity contribution in [2.45, 2.75) is 33.3 Å². The highest BCUT2D eigenvalue weighted by atomic mass is 35.5. The topological polar surface area (TPSA) is 50.4 Å². The van der Waals surface area contributed by atoms with E-state index >= 15 is 0 Å². The fourth-order valence-electron chi connectivity index (χ4n) is 1.54. The lowest BCUT2D eigenvalue weighted by molar-refractivity contribution is 0.0954. The molecule has 0 aromatic heterocycles. The van der Waals surface area contributed by atoms with E-state index in [1.54, 1.807) is 12.1 Å². The highest BCUT2D eigenvalue weighted by molar-refractivity contribution is 5.94. The van der Waals surface area contributed by atoms with Crippen molar-refractivity contribution in [2.24, 2.45) is 0 Å². The Bertz CT molecular complexity index is 382. The Morgan fingerprint density at radius 2 is 1.85 bits per heavy atom. The Balaban J connectivity index is 0.00000361. The minimum absolute atomic E-state index is 0. The lowest BCUT2D eigenvalue weighted by Gasteiger charge is -2.12. The van der Waals surface area contributed by atoms with Crippen LogP contribution in [0.15, 0.2) is 24.3 Å². The first kappa shape index (κ1) is 18.7. The van der Waals surface area contributed by atoms with Crippen molar-refractivity contribution >= 4 is 18.3 Å². The van der Waals surface area contributed by atoms with Gasteiger partial charge in [-0.1, -0.05) is 13.8 Å². The van der Waals surface area contributed by atoms with E-state index in [4.69, 9.17) is 4.74 Å². The van der Waals surface area contributed by atoms with E-state index in [1.807, 2.05) is 26.0 Å². The van der Waals surface area contributed by atoms with Gasteiger partial charge in [-0.2, -0.15) is 0 Å². The lowest BCUT2D eigenvalue weighted by Crippen LogP contribution is -2.31. The SMILES string of the molecule is CCNCCNC(=O)c1ccc(OC(C)CC)cc1.Cl. The summed E-state index contributed by atoms with van der Waals surface area (Å²) in [5.41, 5.74) is 0.660. The molecule has 0 radical (unpaired) electrons. The number of carbonyl (C=O) groups is 1. The average molecular weight is 301 g/mol. The molecule has 0 aliphatic heterocycles. The molecule has 0 heterocycles. The maximum Gasteiger partial charge on any atom is 0.251 e. The van der Waals surface area contributed by atoms with Gasteiger partial charge in [0.25, 0.3) is 5.91 Å². The predicted octanol–water partition coefficient (Wildman–Crippen LogP) is 2.63. The first-order valence-corrected chi connectivity index (χ1v) is 6.93. The Kier molecular flexibility index (Phi) is 9.86. The van der Waals surface area contributed by atoms with Crippen LogP contribution in [0.5, 0.6) is 5.75 Å². The summed E-state index contributed by atoms with van der Waals surface area (Å²) in [6.07, 6.45) is 1.16. The quantitative estimate of drug-likeness (QED) is 0.726. The Hall–Kier alpha value is -1.26. The molecule has 0 bridgehead atoms. The molecule has 0 fully saturated rings. The third-order valence-electron chi connectivity index (χ3n) is 2.87. The van der Waals surface area contributed by atoms with Crippen molar-refractivity contribution in [1.29, 1.82) is 0 Å². The van der Waals surface area contributed by atoms with E-state index in [1.165, 1.54) is 0 Å². The van der Waals surface area contributed by atoms with E-state index in [9.17, 15) is 4.79 Å². The van der Waals surface area contributed by atoms with Gasteiger partial charge in [-0.05, 0) is 44.2 Å². The molecule has 2 N–H and O–H groups in total. The van der Waals surface area contributed by atoms with Crippen LogP contribution in [0.1, 0.15) is 37.6 Å². The second-order valence-electron chi connectivity index (χ2n) is 4.47. The fraction of sp³-hybridized carbons (Fsp3) is 0.533. The molecule has 1 aromatic carbocycles. The van der Waals surface area contributed by atoms with Crippen LogP contribution >= 0.6 is 12.4 Å². The second-order valence-corrected chi connectivity index (χ2v) is 4.47. The smallest absolute Gasteiger partial charge is 0.251 e. The number of rotatable bonds is 8. The van der Waals surface area contributed by atoms with Crippen LogP contribution in [-0.2, 0) is 0 Å². The van der Waals surface area contributed by atoms with Gasteiger partial charge in [0.05, 0.1) is 6.10 Å². The Morgan fingerprint density at radius 3 is 2.40 bits per heavy atom. The second kappa shape index (κ2) is 10.5. The molecular formula is C15H25ClN2O2. The predicted molar refractivity (Wildman–Crippen MR) is 84.9 cm³/mol. The standard InChI is InChI=1S/C15H24N2O2.ClH/c1-4-12(3)19-14-8-6-13(7-9-14)15(18)17-11-10-16-5-2;/h6-9,12,16H,4-5,10-11H2,1-3H3,(H,17,18);1H. The number of benzene rings is 1. The molecule has 1 amide bonds. The van der Waals surface area contributed by atoms with Crippen LogP contribution in [0.25, 0.3) is 0 Å². The number of hydrogen-bond donors (Lipinski definition) is 2. The minimum Gasteiger partial charge on any atom is -0.491 e. The fourth-order valence-corrected chi connectivity index (χ4v) is 1.54. The van der Waals surface area contributed by atoms with Crippen LogP contribution in [0.2, 0.25) is 0 Å². The van der Waals surface area contributed by atoms with Crippen LogP contribution in [0.4, 0.5) is 0 Å². The molecule has 20 heavy (non-hydrogen) atoms. The molecule has 0 aliphatic carbocycles. The number of likely N-dealkylation sites (N-methyl/N-ethyl adjacent to an activating group) is 1. The van der Waals surface area contributed by atoms with Gasteiger partial charge in [0, 0.05) is 18.7 Å². The third-order valence-corrected chi connectivity index (χ3v) is 2.87. The highest BCUT2D eigenvalue weighted by Gasteiger charge is 2.06. The largest absolute Gasteiger partial charge is 0.491 e. The first-order valence-electron chi connectivity index (χ1n) is 6.93. The molecule has 0 aliphatic rings. The van der Waals surface area contributed by atoms with Crippen molar-refractivity contribution in [3.63, 3.8) is 0 Å². The Labute approximate surface area is 127 Å². The molecule has 114 valence electrons. The van der Waals surface area contributed by atoms with Gasteiger partial charge in [0.2, 0.25) is 0 Å². The summed E-state index contributed by atoms with van der Waals surface area (Å²) in [7, 11) is 0. The summed E-state index contributed by atoms with van der Waals surface area (Å²) in [6.45, 7) is 8.49. The average Bonchev–Trinajstić information content (AvgIpc) is 2.44. The highest BCUT2D eigenvalue weighted by Crippen LogP contribution is 2.14. The first-order chi connectivity index (χ1) is 9.17. The zero-order valence-corrected chi connectivity index (χ0v) is 13.3. The maximum absolute atomic E-state index is 11.8. The van der Waals surface area contributed by atoms with Crippen LogP contribution in [0.3, 0.4) is 0 Å². The summed E-state index contributed by atoms with van der Waals surface area (Å²) < 4.78 is 5.67. The van der Waals surface area contributed by atoms with Crippen molar-refractivity contribution in [2.75, 3.05) is 19.6 Å². The molecule has 1 atom stereocenters. The van der Waals surface area contributed by atoms with E-state index < -0.39 is 0 Å². The van der Waals surface area contributed by atoms with E-state index in [0.29, 0.717) is 12.1 Å². The van der Waals surface area contributed by atoms with Crippen molar-refractivity contribution in [3.8, 4) is 5.75 Å². The van der Waals surface area contributed by atoms with Gasteiger partial charge >= 0.3 is 0 Å². The summed E-state index contributed by atoms with van der Waals surface area (Å²) in [5.74, 6) is 0.756. The molecule has 0 saturated carbocycles. The number of nitrogens with one attached hydrogen (secondary N) is 2. The molecule has 1 rings (SSSR count). The van der Waals surface area contributed by atoms with Gasteiger partial charge < -0.3 is 15.4 Å². The summed E-state index contributed by atoms with van der Waals surface area (Å²) in [5, 5.41) is 6.02. The van der Waals surface area contributed by atoms with Crippen molar-refractivity contribution in [1.82, 2.24) is 10.6 Å². The van der Waals surface area contributed by atoms with E-state index in [2.05, 4.69) is 17.6 Å². The normalized spacial score (nSPS) is 11.3. The zero-order valence-electron chi connectivity index (χ0n) is 12.4. The van der Waals surface area contributed by atoms with Crippen LogP contribution in [-0.4, -0.2) is 31.6 Å². The van der Waals surface area contributed by atoms with Crippen molar-refractivity contribution < 1.29 is 9.53 Å². The number of halogens is 1. The maximum atomic E-state index is 11.8. The summed E-state index contributed by atoms with van der Waals surface area (Å²) in [4.78, 5) is 11.8. The molecule has 0 spiro atoms. The van der Waals surface area contributed by atoms with Crippen molar-refractivity contribution in [3.05, 3.63) is 29.8 Å². The third kappa shape index (κ3) is 6.78.